The van der Waals surface area contributed by atoms with Gasteiger partial charge in [-0.25, -0.2) is 0 Å². The Labute approximate surface area is 102 Å². The Morgan fingerprint density at radius 1 is 1.65 bits per heavy atom. The molecule has 1 fully saturated rings. The maximum absolute atomic E-state index is 12.2. The van der Waals surface area contributed by atoms with Crippen molar-refractivity contribution in [3.05, 3.63) is 17.5 Å². The molecule has 0 radical (unpaired) electrons. The Hall–Kier alpha value is -1.16. The zero-order valence-electron chi connectivity index (χ0n) is 10.9. The number of hydrogen-bond acceptors (Lipinski definition) is 3. The third-order valence-corrected chi connectivity index (χ3v) is 3.68. The van der Waals surface area contributed by atoms with Gasteiger partial charge in [0, 0.05) is 31.1 Å². The average molecular weight is 235 g/mol. The van der Waals surface area contributed by atoms with Gasteiger partial charge in [0.05, 0.1) is 5.69 Å². The Kier molecular flexibility index (Phi) is 3.62. The number of rotatable bonds is 4. The van der Waals surface area contributed by atoms with Crippen molar-refractivity contribution in [1.82, 2.24) is 15.1 Å². The van der Waals surface area contributed by atoms with Crippen molar-refractivity contribution in [3.63, 3.8) is 0 Å². The summed E-state index contributed by atoms with van der Waals surface area (Å²) in [5, 5.41) is 7.70. The molecule has 1 N–H and O–H groups in total. The molecule has 2 heterocycles. The third kappa shape index (κ3) is 2.57. The van der Waals surface area contributed by atoms with Crippen molar-refractivity contribution in [2.45, 2.75) is 39.2 Å². The first-order chi connectivity index (χ1) is 8.11. The van der Waals surface area contributed by atoms with Crippen LogP contribution in [-0.4, -0.2) is 28.2 Å². The molecule has 1 aromatic heterocycles. The normalized spacial score (nSPS) is 24.2. The molecule has 0 saturated carbocycles. The molecule has 0 aliphatic carbocycles. The molecule has 1 aliphatic heterocycles. The van der Waals surface area contributed by atoms with Gasteiger partial charge in [-0.1, -0.05) is 6.92 Å². The highest BCUT2D eigenvalue weighted by Gasteiger charge is 2.29. The molecule has 2 unspecified atom stereocenters. The lowest BCUT2D eigenvalue weighted by Gasteiger charge is -2.13. The van der Waals surface area contributed by atoms with Crippen LogP contribution in [0.1, 0.15) is 31.7 Å². The van der Waals surface area contributed by atoms with Gasteiger partial charge < -0.3 is 5.32 Å². The summed E-state index contributed by atoms with van der Waals surface area (Å²) in [5.74, 6) is 0.517. The lowest BCUT2D eigenvalue weighted by Crippen LogP contribution is -2.29. The van der Waals surface area contributed by atoms with Crippen LogP contribution in [0.4, 0.5) is 0 Å². The van der Waals surface area contributed by atoms with Gasteiger partial charge in [0.1, 0.15) is 5.78 Å². The van der Waals surface area contributed by atoms with E-state index in [9.17, 15) is 4.79 Å². The molecule has 0 amide bonds. The SMILES string of the molecule is CCc1cc(CC(=O)C2CCNC2C)n(C)n1. The largest absolute Gasteiger partial charge is 0.314 e. The molecule has 2 atom stereocenters. The van der Waals surface area contributed by atoms with Crippen molar-refractivity contribution in [2.24, 2.45) is 13.0 Å². The predicted molar refractivity (Wildman–Crippen MR) is 66.9 cm³/mol. The second-order valence-electron chi connectivity index (χ2n) is 4.89. The van der Waals surface area contributed by atoms with Crippen molar-refractivity contribution in [2.75, 3.05) is 6.54 Å². The summed E-state index contributed by atoms with van der Waals surface area (Å²) in [6.45, 7) is 5.14. The summed E-state index contributed by atoms with van der Waals surface area (Å²) < 4.78 is 1.84. The minimum Gasteiger partial charge on any atom is -0.314 e. The van der Waals surface area contributed by atoms with Crippen molar-refractivity contribution < 1.29 is 4.79 Å². The zero-order valence-corrected chi connectivity index (χ0v) is 10.9. The summed E-state index contributed by atoms with van der Waals surface area (Å²) in [6, 6.07) is 2.37. The summed E-state index contributed by atoms with van der Waals surface area (Å²) in [5.41, 5.74) is 2.10. The molecular weight excluding hydrogens is 214 g/mol. The van der Waals surface area contributed by atoms with Gasteiger partial charge in [0.15, 0.2) is 0 Å². The first-order valence-corrected chi connectivity index (χ1v) is 6.39. The fraction of sp³-hybridized carbons (Fsp3) is 0.692. The fourth-order valence-corrected chi connectivity index (χ4v) is 2.52. The van der Waals surface area contributed by atoms with E-state index in [1.807, 2.05) is 17.8 Å². The number of carbonyl (C=O) groups excluding carboxylic acids is 1. The zero-order chi connectivity index (χ0) is 12.4. The number of nitrogens with one attached hydrogen (secondary N) is 1. The van der Waals surface area contributed by atoms with E-state index in [0.717, 1.165) is 30.8 Å². The Morgan fingerprint density at radius 2 is 2.41 bits per heavy atom. The quantitative estimate of drug-likeness (QED) is 0.850. The minimum atomic E-state index is 0.176. The monoisotopic (exact) mass is 235 g/mol. The van der Waals surface area contributed by atoms with Gasteiger partial charge in [-0.2, -0.15) is 5.10 Å². The third-order valence-electron chi connectivity index (χ3n) is 3.68. The summed E-state index contributed by atoms with van der Waals surface area (Å²) >= 11 is 0. The highest BCUT2D eigenvalue weighted by Crippen LogP contribution is 2.18. The lowest BCUT2D eigenvalue weighted by atomic mass is 9.94. The van der Waals surface area contributed by atoms with Crippen LogP contribution < -0.4 is 5.32 Å². The van der Waals surface area contributed by atoms with Gasteiger partial charge in [-0.05, 0) is 32.4 Å². The molecule has 17 heavy (non-hydrogen) atoms. The van der Waals surface area contributed by atoms with Crippen LogP contribution in [0.5, 0.6) is 0 Å². The number of aryl methyl sites for hydroxylation is 2. The maximum Gasteiger partial charge on any atom is 0.143 e. The average Bonchev–Trinajstić information content (AvgIpc) is 2.86. The maximum atomic E-state index is 12.2. The lowest BCUT2D eigenvalue weighted by molar-refractivity contribution is -0.122. The Morgan fingerprint density at radius 3 is 2.94 bits per heavy atom. The van der Waals surface area contributed by atoms with E-state index in [4.69, 9.17) is 0 Å². The number of carbonyl (C=O) groups is 1. The van der Waals surface area contributed by atoms with Crippen LogP contribution in [-0.2, 0) is 24.7 Å². The molecule has 1 saturated heterocycles. The first-order valence-electron chi connectivity index (χ1n) is 6.39. The van der Waals surface area contributed by atoms with E-state index in [0.29, 0.717) is 18.2 Å². The van der Waals surface area contributed by atoms with Gasteiger partial charge in [-0.15, -0.1) is 0 Å². The standard InChI is InChI=1S/C13H21N3O/c1-4-10-7-11(16(3)15-10)8-13(17)12-5-6-14-9(12)2/h7,9,12,14H,4-6,8H2,1-3H3. The van der Waals surface area contributed by atoms with E-state index in [1.54, 1.807) is 0 Å². The molecule has 4 heteroatoms. The first kappa shape index (κ1) is 12.3. The van der Waals surface area contributed by atoms with Gasteiger partial charge in [-0.3, -0.25) is 9.48 Å². The minimum absolute atomic E-state index is 0.176. The summed E-state index contributed by atoms with van der Waals surface area (Å²) in [6.07, 6.45) is 2.40. The number of ketones is 1. The van der Waals surface area contributed by atoms with E-state index in [2.05, 4.69) is 24.3 Å². The van der Waals surface area contributed by atoms with Gasteiger partial charge in [0.2, 0.25) is 0 Å². The van der Waals surface area contributed by atoms with Crippen LogP contribution >= 0.6 is 0 Å². The molecule has 1 aliphatic rings. The Bertz CT molecular complexity index is 411. The fourth-order valence-electron chi connectivity index (χ4n) is 2.52. The molecule has 0 spiro atoms. The highest BCUT2D eigenvalue weighted by atomic mass is 16.1. The molecule has 1 aromatic rings. The van der Waals surface area contributed by atoms with Crippen molar-refractivity contribution in [1.29, 1.82) is 0 Å². The second-order valence-corrected chi connectivity index (χ2v) is 4.89. The number of hydrogen-bond donors (Lipinski definition) is 1. The highest BCUT2D eigenvalue weighted by molar-refractivity contribution is 5.83. The van der Waals surface area contributed by atoms with Crippen LogP contribution in [0.25, 0.3) is 0 Å². The molecule has 4 nitrogen and oxygen atoms in total. The van der Waals surface area contributed by atoms with Crippen LogP contribution in [0.2, 0.25) is 0 Å². The van der Waals surface area contributed by atoms with Gasteiger partial charge in [0.25, 0.3) is 0 Å². The molecular formula is C13H21N3O. The number of Topliss-reactive ketones (excluding diaryl/α,β-unsaturated/α-hetero) is 1. The summed E-state index contributed by atoms with van der Waals surface area (Å²) in [7, 11) is 1.91. The molecule has 0 bridgehead atoms. The molecule has 94 valence electrons. The van der Waals surface area contributed by atoms with Crippen molar-refractivity contribution >= 4 is 5.78 Å². The van der Waals surface area contributed by atoms with Crippen LogP contribution in [0, 0.1) is 5.92 Å². The molecule has 2 rings (SSSR count). The smallest absolute Gasteiger partial charge is 0.143 e. The second kappa shape index (κ2) is 5.00. The van der Waals surface area contributed by atoms with E-state index >= 15 is 0 Å². The summed E-state index contributed by atoms with van der Waals surface area (Å²) in [4.78, 5) is 12.2. The van der Waals surface area contributed by atoms with E-state index < -0.39 is 0 Å². The predicted octanol–water partition coefficient (Wildman–Crippen LogP) is 1.09. The molecule has 0 aromatic carbocycles. The topological polar surface area (TPSA) is 46.9 Å². The Balaban J connectivity index is 2.04. The van der Waals surface area contributed by atoms with Crippen LogP contribution in [0.15, 0.2) is 6.07 Å². The van der Waals surface area contributed by atoms with Crippen LogP contribution in [0.3, 0.4) is 0 Å². The number of aromatic nitrogens is 2. The van der Waals surface area contributed by atoms with E-state index in [-0.39, 0.29) is 5.92 Å². The van der Waals surface area contributed by atoms with Gasteiger partial charge >= 0.3 is 0 Å². The number of nitrogens with zero attached hydrogens (tertiary/aromatic N) is 2. The van der Waals surface area contributed by atoms with Crippen molar-refractivity contribution in [3.8, 4) is 0 Å². The van der Waals surface area contributed by atoms with E-state index in [1.165, 1.54) is 0 Å².